The number of carbonyl (C=O) groups is 1. The van der Waals surface area contributed by atoms with Crippen LogP contribution >= 0.6 is 11.6 Å². The first-order chi connectivity index (χ1) is 8.72. The normalized spacial score (nSPS) is 12.4. The summed E-state index contributed by atoms with van der Waals surface area (Å²) < 4.78 is 0. The number of unbranched alkanes of at least 4 members (excludes halogenated alkanes) is 9. The fraction of sp³-hybridized carbons (Fsp3) is 0.929. The number of halogens is 1. The van der Waals surface area contributed by atoms with Gasteiger partial charge in [0.15, 0.2) is 0 Å². The molecule has 0 amide bonds. The number of nitrogens with two attached hydrogens (primary N) is 1. The largest absolute Gasteiger partial charge is 0.372 e. The Morgan fingerprint density at radius 2 is 1.44 bits per heavy atom. The van der Waals surface area contributed by atoms with Crippen molar-refractivity contribution >= 4 is 17.6 Å². The molecule has 3 nitrogen and oxygen atoms in total. The van der Waals surface area contributed by atoms with Gasteiger partial charge in [0.05, 0.1) is 0 Å². The molecule has 108 valence electrons. The van der Waals surface area contributed by atoms with Gasteiger partial charge in [0.1, 0.15) is 5.38 Å². The first-order valence-corrected chi connectivity index (χ1v) is 7.70. The maximum atomic E-state index is 10.9. The maximum Gasteiger partial charge on any atom is 0.342 e. The molecule has 0 aromatic rings. The van der Waals surface area contributed by atoms with Gasteiger partial charge in [0.2, 0.25) is 0 Å². The third kappa shape index (κ3) is 10.8. The number of rotatable bonds is 12. The van der Waals surface area contributed by atoms with Crippen molar-refractivity contribution in [1.82, 2.24) is 0 Å². The standard InChI is InChI=1S/C14H28ClNO2/c1-2-3-4-5-6-7-8-9-10-11-12-13(15)14(17)18-16/h13H,2-12,16H2,1H3. The summed E-state index contributed by atoms with van der Waals surface area (Å²) in [5, 5.41) is -0.580. The molecule has 1 atom stereocenters. The van der Waals surface area contributed by atoms with Crippen molar-refractivity contribution in [2.45, 2.75) is 82.9 Å². The maximum absolute atomic E-state index is 10.9. The first-order valence-electron chi connectivity index (χ1n) is 7.27. The van der Waals surface area contributed by atoms with Crippen LogP contribution in [-0.2, 0) is 9.63 Å². The number of alkyl halides is 1. The van der Waals surface area contributed by atoms with Crippen LogP contribution in [0.25, 0.3) is 0 Å². The Kier molecular flexibility index (Phi) is 13.0. The van der Waals surface area contributed by atoms with E-state index in [1.807, 2.05) is 0 Å². The van der Waals surface area contributed by atoms with E-state index < -0.39 is 11.3 Å². The molecule has 0 fully saturated rings. The van der Waals surface area contributed by atoms with E-state index in [1.165, 1.54) is 51.4 Å². The van der Waals surface area contributed by atoms with E-state index in [0.717, 1.165) is 12.8 Å². The van der Waals surface area contributed by atoms with Crippen molar-refractivity contribution in [2.75, 3.05) is 0 Å². The van der Waals surface area contributed by atoms with Crippen molar-refractivity contribution in [3.05, 3.63) is 0 Å². The van der Waals surface area contributed by atoms with Crippen LogP contribution < -0.4 is 5.90 Å². The van der Waals surface area contributed by atoms with E-state index in [-0.39, 0.29) is 0 Å². The van der Waals surface area contributed by atoms with Crippen LogP contribution in [0.4, 0.5) is 0 Å². The Labute approximate surface area is 116 Å². The van der Waals surface area contributed by atoms with Gasteiger partial charge in [-0.25, -0.2) is 4.79 Å². The second kappa shape index (κ2) is 13.2. The Morgan fingerprint density at radius 3 is 1.89 bits per heavy atom. The zero-order valence-corrected chi connectivity index (χ0v) is 12.4. The van der Waals surface area contributed by atoms with Gasteiger partial charge in [0.25, 0.3) is 0 Å². The zero-order chi connectivity index (χ0) is 13.6. The van der Waals surface area contributed by atoms with Crippen LogP contribution in [0.15, 0.2) is 0 Å². The predicted octanol–water partition coefficient (Wildman–Crippen LogP) is 4.32. The lowest BCUT2D eigenvalue weighted by Gasteiger charge is -2.06. The molecule has 0 heterocycles. The van der Waals surface area contributed by atoms with Crippen molar-refractivity contribution < 1.29 is 9.63 Å². The van der Waals surface area contributed by atoms with Gasteiger partial charge in [-0.1, -0.05) is 71.1 Å². The SMILES string of the molecule is CCCCCCCCCCCCC(Cl)C(=O)ON. The highest BCUT2D eigenvalue weighted by atomic mass is 35.5. The molecule has 0 aliphatic rings. The molecular weight excluding hydrogens is 250 g/mol. The number of hydrogen-bond donors (Lipinski definition) is 1. The summed E-state index contributed by atoms with van der Waals surface area (Å²) in [6.45, 7) is 2.24. The van der Waals surface area contributed by atoms with E-state index in [4.69, 9.17) is 17.5 Å². The minimum absolute atomic E-state index is 0.521. The summed E-state index contributed by atoms with van der Waals surface area (Å²) in [6.07, 6.45) is 13.4. The fourth-order valence-electron chi connectivity index (χ4n) is 2.00. The van der Waals surface area contributed by atoms with Crippen LogP contribution in [0, 0.1) is 0 Å². The molecule has 0 aromatic heterocycles. The van der Waals surface area contributed by atoms with E-state index in [0.29, 0.717) is 6.42 Å². The molecule has 0 saturated carbocycles. The monoisotopic (exact) mass is 277 g/mol. The topological polar surface area (TPSA) is 52.3 Å². The number of hydrogen-bond acceptors (Lipinski definition) is 3. The summed E-state index contributed by atoms with van der Waals surface area (Å²) in [5.74, 6) is 4.24. The summed E-state index contributed by atoms with van der Waals surface area (Å²) in [4.78, 5) is 15.0. The van der Waals surface area contributed by atoms with Crippen LogP contribution in [0.1, 0.15) is 77.6 Å². The molecule has 0 radical (unpaired) electrons. The average molecular weight is 278 g/mol. The minimum atomic E-state index is -0.580. The van der Waals surface area contributed by atoms with Gasteiger partial charge in [-0.2, -0.15) is 5.90 Å². The molecular formula is C14H28ClNO2. The van der Waals surface area contributed by atoms with E-state index in [9.17, 15) is 4.79 Å². The van der Waals surface area contributed by atoms with Gasteiger partial charge in [-0.15, -0.1) is 11.6 Å². The molecule has 1 unspecified atom stereocenters. The Hall–Kier alpha value is -0.280. The Bertz CT molecular complexity index is 200. The van der Waals surface area contributed by atoms with Crippen molar-refractivity contribution in [3.63, 3.8) is 0 Å². The summed E-state index contributed by atoms with van der Waals surface area (Å²) in [6, 6.07) is 0. The van der Waals surface area contributed by atoms with Crippen molar-refractivity contribution in [2.24, 2.45) is 5.90 Å². The van der Waals surface area contributed by atoms with Gasteiger partial charge in [0, 0.05) is 0 Å². The van der Waals surface area contributed by atoms with E-state index in [1.54, 1.807) is 0 Å². The quantitative estimate of drug-likeness (QED) is 0.328. The first kappa shape index (κ1) is 17.7. The molecule has 0 rings (SSSR count). The molecule has 4 heteroatoms. The van der Waals surface area contributed by atoms with Crippen molar-refractivity contribution in [1.29, 1.82) is 0 Å². The second-order valence-corrected chi connectivity index (χ2v) is 5.40. The summed E-state index contributed by atoms with van der Waals surface area (Å²) >= 11 is 5.79. The molecule has 0 aliphatic carbocycles. The second-order valence-electron chi connectivity index (χ2n) is 4.88. The number of carbonyl (C=O) groups excluding carboxylic acids is 1. The zero-order valence-electron chi connectivity index (χ0n) is 11.6. The third-order valence-electron chi connectivity index (χ3n) is 3.18. The van der Waals surface area contributed by atoms with Crippen LogP contribution in [0.5, 0.6) is 0 Å². The van der Waals surface area contributed by atoms with Gasteiger partial charge in [-0.05, 0) is 6.42 Å². The smallest absolute Gasteiger partial charge is 0.342 e. The third-order valence-corrected chi connectivity index (χ3v) is 3.58. The molecule has 0 aromatic carbocycles. The molecule has 0 aliphatic heterocycles. The summed E-state index contributed by atoms with van der Waals surface area (Å²) in [7, 11) is 0. The lowest BCUT2D eigenvalue weighted by atomic mass is 10.1. The molecule has 2 N–H and O–H groups in total. The van der Waals surface area contributed by atoms with Crippen LogP contribution in [-0.4, -0.2) is 11.3 Å². The highest BCUT2D eigenvalue weighted by Crippen LogP contribution is 2.14. The molecule has 18 heavy (non-hydrogen) atoms. The van der Waals surface area contributed by atoms with Crippen LogP contribution in [0.2, 0.25) is 0 Å². The molecule has 0 bridgehead atoms. The average Bonchev–Trinajstić information content (AvgIpc) is 2.39. The van der Waals surface area contributed by atoms with Crippen molar-refractivity contribution in [3.8, 4) is 0 Å². The predicted molar refractivity (Wildman–Crippen MR) is 76.4 cm³/mol. The Morgan fingerprint density at radius 1 is 1.00 bits per heavy atom. The molecule has 0 saturated heterocycles. The van der Waals surface area contributed by atoms with E-state index >= 15 is 0 Å². The fourth-order valence-corrected chi connectivity index (χ4v) is 2.21. The molecule has 0 spiro atoms. The van der Waals surface area contributed by atoms with Gasteiger partial charge in [-0.3, -0.25) is 0 Å². The highest BCUT2D eigenvalue weighted by Gasteiger charge is 2.15. The lowest BCUT2D eigenvalue weighted by molar-refractivity contribution is -0.143. The Balaban J connectivity index is 3.14. The van der Waals surface area contributed by atoms with Gasteiger partial charge >= 0.3 is 5.97 Å². The van der Waals surface area contributed by atoms with Gasteiger partial charge < -0.3 is 4.84 Å². The summed E-state index contributed by atoms with van der Waals surface area (Å²) in [5.41, 5.74) is 0. The van der Waals surface area contributed by atoms with Crippen LogP contribution in [0.3, 0.4) is 0 Å². The minimum Gasteiger partial charge on any atom is -0.372 e. The highest BCUT2D eigenvalue weighted by molar-refractivity contribution is 6.29. The lowest BCUT2D eigenvalue weighted by Crippen LogP contribution is -2.20. The van der Waals surface area contributed by atoms with E-state index in [2.05, 4.69) is 11.8 Å².